The normalized spacial score (nSPS) is 23.5. The Morgan fingerprint density at radius 1 is 1.43 bits per heavy atom. The number of ether oxygens (including phenoxy) is 1. The van der Waals surface area contributed by atoms with E-state index in [0.29, 0.717) is 5.56 Å². The third-order valence-electron chi connectivity index (χ3n) is 3.48. The molecule has 0 aromatic heterocycles. The van der Waals surface area contributed by atoms with Gasteiger partial charge in [0.05, 0.1) is 17.7 Å². The maximum Gasteiger partial charge on any atom is 0.416 e. The van der Waals surface area contributed by atoms with Crippen molar-refractivity contribution in [3.05, 3.63) is 35.4 Å². The van der Waals surface area contributed by atoms with Crippen LogP contribution in [0.15, 0.2) is 24.3 Å². The summed E-state index contributed by atoms with van der Waals surface area (Å²) in [5.74, 6) is -0.252. The van der Waals surface area contributed by atoms with Crippen molar-refractivity contribution in [2.75, 3.05) is 19.7 Å². The quantitative estimate of drug-likeness (QED) is 0.926. The number of carbonyl (C=O) groups is 1. The number of benzene rings is 1. The first kappa shape index (κ1) is 15.8. The topological polar surface area (TPSA) is 55.6 Å². The van der Waals surface area contributed by atoms with Crippen molar-refractivity contribution in [1.29, 1.82) is 0 Å². The lowest BCUT2D eigenvalue weighted by molar-refractivity contribution is -0.160. The van der Waals surface area contributed by atoms with E-state index in [-0.39, 0.29) is 32.1 Å². The zero-order valence-corrected chi connectivity index (χ0v) is 11.6. The molecule has 21 heavy (non-hydrogen) atoms. The van der Waals surface area contributed by atoms with Gasteiger partial charge in [-0.15, -0.1) is 0 Å². The summed E-state index contributed by atoms with van der Waals surface area (Å²) in [7, 11) is 0. The Hall–Kier alpha value is -1.60. The van der Waals surface area contributed by atoms with E-state index < -0.39 is 17.3 Å². The van der Waals surface area contributed by atoms with Crippen molar-refractivity contribution in [2.24, 2.45) is 5.73 Å². The molecule has 0 bridgehead atoms. The number of nitrogens with two attached hydrogens (primary N) is 1. The SMILES string of the molecule is CC1(CN)CN(Cc2cccc(C(F)(F)F)c2)C(=O)CO1. The second kappa shape index (κ2) is 5.65. The molecule has 0 spiro atoms. The molecule has 1 heterocycles. The van der Waals surface area contributed by atoms with E-state index in [9.17, 15) is 18.0 Å². The van der Waals surface area contributed by atoms with Crippen molar-refractivity contribution in [1.82, 2.24) is 4.90 Å². The molecular formula is C14H17F3N2O2. The van der Waals surface area contributed by atoms with Crippen LogP contribution < -0.4 is 5.73 Å². The summed E-state index contributed by atoms with van der Waals surface area (Å²) in [6.45, 7) is 2.28. The Labute approximate surface area is 120 Å². The number of rotatable bonds is 3. The van der Waals surface area contributed by atoms with E-state index in [0.717, 1.165) is 12.1 Å². The van der Waals surface area contributed by atoms with Crippen LogP contribution >= 0.6 is 0 Å². The molecule has 7 heteroatoms. The molecule has 1 atom stereocenters. The monoisotopic (exact) mass is 302 g/mol. The van der Waals surface area contributed by atoms with Gasteiger partial charge < -0.3 is 15.4 Å². The molecule has 2 N–H and O–H groups in total. The lowest BCUT2D eigenvalue weighted by Gasteiger charge is -2.39. The van der Waals surface area contributed by atoms with Gasteiger partial charge in [0, 0.05) is 13.1 Å². The van der Waals surface area contributed by atoms with Crippen molar-refractivity contribution in [3.63, 3.8) is 0 Å². The van der Waals surface area contributed by atoms with Gasteiger partial charge in [0.25, 0.3) is 0 Å². The number of halogens is 3. The zero-order valence-electron chi connectivity index (χ0n) is 11.6. The predicted octanol–water partition coefficient (Wildman–Crippen LogP) is 1.78. The zero-order chi connectivity index (χ0) is 15.7. The molecule has 1 aliphatic rings. The first-order chi connectivity index (χ1) is 9.73. The van der Waals surface area contributed by atoms with Gasteiger partial charge in [0.15, 0.2) is 0 Å². The van der Waals surface area contributed by atoms with E-state index in [4.69, 9.17) is 10.5 Å². The fourth-order valence-electron chi connectivity index (χ4n) is 2.20. The second-order valence-electron chi connectivity index (χ2n) is 5.39. The summed E-state index contributed by atoms with van der Waals surface area (Å²) >= 11 is 0. The number of hydrogen-bond acceptors (Lipinski definition) is 3. The van der Waals surface area contributed by atoms with E-state index >= 15 is 0 Å². The van der Waals surface area contributed by atoms with Crippen LogP contribution in [0.1, 0.15) is 18.1 Å². The maximum absolute atomic E-state index is 12.7. The third-order valence-corrected chi connectivity index (χ3v) is 3.48. The van der Waals surface area contributed by atoms with Crippen LogP contribution in [0.25, 0.3) is 0 Å². The van der Waals surface area contributed by atoms with Crippen LogP contribution in [0.3, 0.4) is 0 Å². The Morgan fingerprint density at radius 3 is 2.76 bits per heavy atom. The van der Waals surface area contributed by atoms with Gasteiger partial charge in [-0.3, -0.25) is 4.79 Å². The van der Waals surface area contributed by atoms with E-state index in [1.165, 1.54) is 11.0 Å². The van der Waals surface area contributed by atoms with Crippen molar-refractivity contribution >= 4 is 5.91 Å². The number of morpholine rings is 1. The summed E-state index contributed by atoms with van der Waals surface area (Å²) in [6, 6.07) is 4.97. The van der Waals surface area contributed by atoms with Crippen LogP contribution in [0.5, 0.6) is 0 Å². The fraction of sp³-hybridized carbons (Fsp3) is 0.500. The van der Waals surface area contributed by atoms with Gasteiger partial charge in [-0.25, -0.2) is 0 Å². The average molecular weight is 302 g/mol. The molecule has 1 saturated heterocycles. The van der Waals surface area contributed by atoms with Crippen LogP contribution in [-0.2, 0) is 22.3 Å². The molecule has 4 nitrogen and oxygen atoms in total. The molecular weight excluding hydrogens is 285 g/mol. The molecule has 0 radical (unpaired) electrons. The Balaban J connectivity index is 2.15. The minimum absolute atomic E-state index is 0.105. The maximum atomic E-state index is 12.7. The van der Waals surface area contributed by atoms with E-state index in [2.05, 4.69) is 0 Å². The van der Waals surface area contributed by atoms with Gasteiger partial charge in [0.2, 0.25) is 5.91 Å². The number of hydrogen-bond donors (Lipinski definition) is 1. The van der Waals surface area contributed by atoms with Crippen LogP contribution in [0, 0.1) is 0 Å². The minimum atomic E-state index is -4.39. The van der Waals surface area contributed by atoms with Crippen LogP contribution in [-0.4, -0.2) is 36.1 Å². The number of amides is 1. The Morgan fingerprint density at radius 2 is 2.14 bits per heavy atom. The summed E-state index contributed by atoms with van der Waals surface area (Å²) in [5, 5.41) is 0. The van der Waals surface area contributed by atoms with Gasteiger partial charge in [0.1, 0.15) is 6.61 Å². The molecule has 1 fully saturated rings. The summed E-state index contributed by atoms with van der Waals surface area (Å²) in [5.41, 5.74) is 4.66. The average Bonchev–Trinajstić information content (AvgIpc) is 2.43. The van der Waals surface area contributed by atoms with Gasteiger partial charge in [-0.2, -0.15) is 13.2 Å². The smallest absolute Gasteiger partial charge is 0.362 e. The largest absolute Gasteiger partial charge is 0.416 e. The van der Waals surface area contributed by atoms with Gasteiger partial charge >= 0.3 is 6.18 Å². The van der Waals surface area contributed by atoms with Crippen molar-refractivity contribution < 1.29 is 22.7 Å². The molecule has 1 unspecified atom stereocenters. The molecule has 2 rings (SSSR count). The summed E-state index contributed by atoms with van der Waals surface area (Å²) < 4.78 is 43.4. The highest BCUT2D eigenvalue weighted by atomic mass is 19.4. The van der Waals surface area contributed by atoms with Gasteiger partial charge in [-0.1, -0.05) is 12.1 Å². The molecule has 0 saturated carbocycles. The van der Waals surface area contributed by atoms with E-state index in [1.807, 2.05) is 0 Å². The molecule has 1 amide bonds. The van der Waals surface area contributed by atoms with Gasteiger partial charge in [-0.05, 0) is 24.6 Å². The third kappa shape index (κ3) is 3.74. The van der Waals surface area contributed by atoms with Crippen molar-refractivity contribution in [2.45, 2.75) is 25.2 Å². The first-order valence-electron chi connectivity index (χ1n) is 6.51. The van der Waals surface area contributed by atoms with Crippen LogP contribution in [0.4, 0.5) is 13.2 Å². The summed E-state index contributed by atoms with van der Waals surface area (Å²) in [6.07, 6.45) is -4.39. The van der Waals surface area contributed by atoms with Crippen LogP contribution in [0.2, 0.25) is 0 Å². The lowest BCUT2D eigenvalue weighted by Crippen LogP contribution is -2.56. The summed E-state index contributed by atoms with van der Waals surface area (Å²) in [4.78, 5) is 13.3. The molecule has 1 aliphatic heterocycles. The minimum Gasteiger partial charge on any atom is -0.362 e. The lowest BCUT2D eigenvalue weighted by atomic mass is 10.0. The molecule has 0 aliphatic carbocycles. The van der Waals surface area contributed by atoms with Crippen molar-refractivity contribution in [3.8, 4) is 0 Å². The molecule has 1 aromatic carbocycles. The second-order valence-corrected chi connectivity index (χ2v) is 5.39. The number of nitrogens with zero attached hydrogens (tertiary/aromatic N) is 1. The standard InChI is InChI=1S/C14H17F3N2O2/c1-13(8-18)9-19(12(20)7-21-13)6-10-3-2-4-11(5-10)14(15,16)17/h2-5H,6-9,18H2,1H3. The highest BCUT2D eigenvalue weighted by Gasteiger charge is 2.35. The fourth-order valence-corrected chi connectivity index (χ4v) is 2.20. The predicted molar refractivity (Wildman–Crippen MR) is 70.3 cm³/mol. The Kier molecular flexibility index (Phi) is 4.25. The molecule has 116 valence electrons. The highest BCUT2D eigenvalue weighted by molar-refractivity contribution is 5.78. The number of alkyl halides is 3. The van der Waals surface area contributed by atoms with E-state index in [1.54, 1.807) is 13.0 Å². The Bertz CT molecular complexity index is 533. The highest BCUT2D eigenvalue weighted by Crippen LogP contribution is 2.30. The number of carbonyl (C=O) groups excluding carboxylic acids is 1. The first-order valence-corrected chi connectivity index (χ1v) is 6.51. The molecule has 1 aromatic rings.